The van der Waals surface area contributed by atoms with Crippen LogP contribution in [0.5, 0.6) is 0 Å². The number of aryl methyl sites for hydroxylation is 2. The van der Waals surface area contributed by atoms with Crippen LogP contribution in [0.4, 0.5) is 5.69 Å². The van der Waals surface area contributed by atoms with Gasteiger partial charge in [-0.25, -0.2) is 0 Å². The Morgan fingerprint density at radius 1 is 0.923 bits per heavy atom. The summed E-state index contributed by atoms with van der Waals surface area (Å²) in [5.41, 5.74) is 5.08. The first-order valence-corrected chi connectivity index (χ1v) is 9.39. The highest BCUT2D eigenvalue weighted by atomic mass is 16.2. The van der Waals surface area contributed by atoms with Crippen molar-refractivity contribution in [3.8, 4) is 11.1 Å². The molecule has 0 saturated heterocycles. The first-order chi connectivity index (χ1) is 12.6. The summed E-state index contributed by atoms with van der Waals surface area (Å²) in [6.07, 6.45) is 4.60. The molecule has 0 spiro atoms. The fraction of sp³-hybridized carbons (Fsp3) is 0.304. The SMILES string of the molecule is CC(CNc1c(-c2ccc3c(c2)CCCC3)c(=O)c1=O)c1ccccc1. The number of benzene rings is 2. The summed E-state index contributed by atoms with van der Waals surface area (Å²) in [6.45, 7) is 2.75. The van der Waals surface area contributed by atoms with Gasteiger partial charge in [0.15, 0.2) is 0 Å². The summed E-state index contributed by atoms with van der Waals surface area (Å²) >= 11 is 0. The molecular weight excluding hydrogens is 322 g/mol. The van der Waals surface area contributed by atoms with Crippen molar-refractivity contribution < 1.29 is 0 Å². The molecule has 1 N–H and O–H groups in total. The molecule has 0 saturated carbocycles. The Labute approximate surface area is 153 Å². The van der Waals surface area contributed by atoms with Crippen LogP contribution >= 0.6 is 0 Å². The number of rotatable bonds is 5. The predicted molar refractivity (Wildman–Crippen MR) is 107 cm³/mol. The molecule has 1 unspecified atom stereocenters. The van der Waals surface area contributed by atoms with Gasteiger partial charge in [-0.15, -0.1) is 0 Å². The van der Waals surface area contributed by atoms with E-state index < -0.39 is 5.43 Å². The van der Waals surface area contributed by atoms with Crippen LogP contribution in [-0.4, -0.2) is 6.54 Å². The lowest BCUT2D eigenvalue weighted by Gasteiger charge is -2.20. The van der Waals surface area contributed by atoms with Gasteiger partial charge < -0.3 is 5.32 Å². The Balaban J connectivity index is 1.57. The third-order valence-electron chi connectivity index (χ3n) is 5.50. The van der Waals surface area contributed by atoms with Gasteiger partial charge in [-0.2, -0.15) is 0 Å². The van der Waals surface area contributed by atoms with E-state index in [1.807, 2.05) is 24.3 Å². The molecule has 132 valence electrons. The summed E-state index contributed by atoms with van der Waals surface area (Å²) < 4.78 is 0. The number of anilines is 1. The molecule has 0 aliphatic heterocycles. The van der Waals surface area contributed by atoms with Crippen LogP contribution in [0, 0.1) is 0 Å². The Morgan fingerprint density at radius 2 is 1.65 bits per heavy atom. The molecule has 4 rings (SSSR count). The van der Waals surface area contributed by atoms with E-state index >= 15 is 0 Å². The minimum atomic E-state index is -0.391. The normalized spacial score (nSPS) is 14.8. The summed E-state index contributed by atoms with van der Waals surface area (Å²) in [4.78, 5) is 24.3. The average molecular weight is 345 g/mol. The molecule has 0 aromatic heterocycles. The van der Waals surface area contributed by atoms with Gasteiger partial charge in [0.2, 0.25) is 10.9 Å². The molecule has 1 aliphatic rings. The van der Waals surface area contributed by atoms with Crippen LogP contribution < -0.4 is 16.2 Å². The zero-order chi connectivity index (χ0) is 18.1. The molecule has 0 bridgehead atoms. The Morgan fingerprint density at radius 3 is 2.42 bits per heavy atom. The molecular formula is C23H23NO2. The van der Waals surface area contributed by atoms with Crippen molar-refractivity contribution in [2.45, 2.75) is 38.5 Å². The highest BCUT2D eigenvalue weighted by Gasteiger charge is 2.23. The van der Waals surface area contributed by atoms with Crippen molar-refractivity contribution >= 4 is 5.69 Å². The fourth-order valence-electron chi connectivity index (χ4n) is 3.88. The van der Waals surface area contributed by atoms with Crippen molar-refractivity contribution in [3.63, 3.8) is 0 Å². The maximum Gasteiger partial charge on any atom is 0.250 e. The first-order valence-electron chi connectivity index (χ1n) is 9.39. The lowest BCUT2D eigenvalue weighted by atomic mass is 9.88. The number of nitrogens with one attached hydrogen (secondary N) is 1. The lowest BCUT2D eigenvalue weighted by Crippen LogP contribution is -2.37. The van der Waals surface area contributed by atoms with E-state index in [-0.39, 0.29) is 11.3 Å². The predicted octanol–water partition coefficient (Wildman–Crippen LogP) is 4.04. The monoisotopic (exact) mass is 345 g/mol. The number of hydrogen-bond acceptors (Lipinski definition) is 3. The van der Waals surface area contributed by atoms with Crippen LogP contribution in [0.25, 0.3) is 11.1 Å². The van der Waals surface area contributed by atoms with Gasteiger partial charge in [0, 0.05) is 6.54 Å². The van der Waals surface area contributed by atoms with Gasteiger partial charge >= 0.3 is 0 Å². The summed E-state index contributed by atoms with van der Waals surface area (Å²) in [5, 5.41) is 3.24. The van der Waals surface area contributed by atoms with Crippen molar-refractivity contribution in [1.29, 1.82) is 0 Å². The molecule has 1 atom stereocenters. The van der Waals surface area contributed by atoms with E-state index in [0.717, 1.165) is 18.4 Å². The summed E-state index contributed by atoms with van der Waals surface area (Å²) in [7, 11) is 0. The smallest absolute Gasteiger partial charge is 0.250 e. The second kappa shape index (κ2) is 6.91. The quantitative estimate of drug-likeness (QED) is 0.710. The largest absolute Gasteiger partial charge is 0.381 e. The molecule has 0 fully saturated rings. The summed E-state index contributed by atoms with van der Waals surface area (Å²) in [6, 6.07) is 16.4. The van der Waals surface area contributed by atoms with Crippen LogP contribution in [0.15, 0.2) is 58.1 Å². The van der Waals surface area contributed by atoms with Gasteiger partial charge in [0.25, 0.3) is 0 Å². The second-order valence-corrected chi connectivity index (χ2v) is 7.29. The molecule has 3 aromatic rings. The van der Waals surface area contributed by atoms with E-state index in [1.165, 1.54) is 29.5 Å². The standard InChI is InChI=1S/C23H23NO2/c1-15(16-7-3-2-4-8-16)14-24-21-20(22(25)23(21)26)19-12-11-17-9-5-6-10-18(17)13-19/h2-4,7-8,11-13,15,24H,5-6,9-10,14H2,1H3. The second-order valence-electron chi connectivity index (χ2n) is 7.29. The topological polar surface area (TPSA) is 46.2 Å². The molecule has 0 amide bonds. The maximum atomic E-state index is 12.2. The van der Waals surface area contributed by atoms with Gasteiger partial charge in [0.05, 0.1) is 11.3 Å². The Bertz CT molecular complexity index is 997. The van der Waals surface area contributed by atoms with Crippen molar-refractivity contribution in [2.75, 3.05) is 11.9 Å². The summed E-state index contributed by atoms with van der Waals surface area (Å²) in [5.74, 6) is 0.261. The van der Waals surface area contributed by atoms with E-state index in [1.54, 1.807) is 0 Å². The van der Waals surface area contributed by atoms with Crippen molar-refractivity contribution in [1.82, 2.24) is 0 Å². The number of fused-ring (bicyclic) bond motifs is 1. The fourth-order valence-corrected chi connectivity index (χ4v) is 3.88. The van der Waals surface area contributed by atoms with Crippen LogP contribution in [-0.2, 0) is 12.8 Å². The molecule has 3 heteroatoms. The minimum absolute atomic E-state index is 0.261. The van der Waals surface area contributed by atoms with E-state index in [0.29, 0.717) is 17.8 Å². The van der Waals surface area contributed by atoms with Gasteiger partial charge in [-0.05, 0) is 53.9 Å². The van der Waals surface area contributed by atoms with Crippen LogP contribution in [0.3, 0.4) is 0 Å². The third-order valence-corrected chi connectivity index (χ3v) is 5.50. The highest BCUT2D eigenvalue weighted by molar-refractivity contribution is 5.82. The van der Waals surface area contributed by atoms with Crippen molar-refractivity contribution in [2.24, 2.45) is 0 Å². The first kappa shape index (κ1) is 16.8. The molecule has 26 heavy (non-hydrogen) atoms. The van der Waals surface area contributed by atoms with Crippen molar-refractivity contribution in [3.05, 3.63) is 85.7 Å². The molecule has 1 aliphatic carbocycles. The zero-order valence-electron chi connectivity index (χ0n) is 15.0. The molecule has 3 nitrogen and oxygen atoms in total. The zero-order valence-corrected chi connectivity index (χ0v) is 15.0. The van der Waals surface area contributed by atoms with Gasteiger partial charge in [-0.1, -0.05) is 55.5 Å². The Hall–Kier alpha value is -2.68. The van der Waals surface area contributed by atoms with E-state index in [4.69, 9.17) is 0 Å². The third kappa shape index (κ3) is 2.98. The van der Waals surface area contributed by atoms with Gasteiger partial charge in [0.1, 0.15) is 0 Å². The average Bonchev–Trinajstić information content (AvgIpc) is 2.70. The van der Waals surface area contributed by atoms with E-state index in [9.17, 15) is 9.59 Å². The minimum Gasteiger partial charge on any atom is -0.381 e. The van der Waals surface area contributed by atoms with E-state index in [2.05, 4.69) is 36.5 Å². The van der Waals surface area contributed by atoms with Crippen LogP contribution in [0.1, 0.15) is 42.4 Å². The van der Waals surface area contributed by atoms with Gasteiger partial charge in [-0.3, -0.25) is 9.59 Å². The van der Waals surface area contributed by atoms with Crippen LogP contribution in [0.2, 0.25) is 0 Å². The molecule has 3 aromatic carbocycles. The maximum absolute atomic E-state index is 12.2. The highest BCUT2D eigenvalue weighted by Crippen LogP contribution is 2.29. The molecule has 0 radical (unpaired) electrons. The number of hydrogen-bond donors (Lipinski definition) is 1. The lowest BCUT2D eigenvalue weighted by molar-refractivity contribution is 0.686. The molecule has 0 heterocycles. The Kier molecular flexibility index (Phi) is 4.46.